The van der Waals surface area contributed by atoms with Gasteiger partial charge in [-0.2, -0.15) is 15.5 Å². The van der Waals surface area contributed by atoms with Crippen molar-refractivity contribution in [3.05, 3.63) is 102 Å². The number of aromatic nitrogens is 5. The predicted octanol–water partition coefficient (Wildman–Crippen LogP) is 4.17. The van der Waals surface area contributed by atoms with E-state index in [4.69, 9.17) is 5.26 Å². The first-order chi connectivity index (χ1) is 15.7. The Morgan fingerprint density at radius 2 is 1.88 bits per heavy atom. The highest BCUT2D eigenvalue weighted by molar-refractivity contribution is 6.07. The highest BCUT2D eigenvalue weighted by Gasteiger charge is 2.16. The summed E-state index contributed by atoms with van der Waals surface area (Å²) in [5.41, 5.74) is 5.39. The molecule has 2 aromatic carbocycles. The molecule has 0 saturated carbocycles. The van der Waals surface area contributed by atoms with Crippen LogP contribution in [0.25, 0.3) is 22.0 Å². The van der Waals surface area contributed by atoms with Gasteiger partial charge in [0.05, 0.1) is 23.8 Å². The summed E-state index contributed by atoms with van der Waals surface area (Å²) in [6.45, 7) is 0.658. The normalized spacial score (nSPS) is 10.8. The van der Waals surface area contributed by atoms with Gasteiger partial charge in [-0.1, -0.05) is 36.4 Å². The number of pyridine rings is 1. The lowest BCUT2D eigenvalue weighted by atomic mass is 10.0. The molecule has 7 heteroatoms. The lowest BCUT2D eigenvalue weighted by molar-refractivity contribution is 0.0989. The fraction of sp³-hybridized carbons (Fsp3) is 0.0800. The Bertz CT molecular complexity index is 1460. The number of carbonyl (C=O) groups is 1. The first kappa shape index (κ1) is 19.4. The molecule has 5 aromatic rings. The van der Waals surface area contributed by atoms with E-state index in [0.717, 1.165) is 33.2 Å². The van der Waals surface area contributed by atoms with E-state index < -0.39 is 0 Å². The van der Waals surface area contributed by atoms with Crippen LogP contribution in [0.15, 0.2) is 79.4 Å². The van der Waals surface area contributed by atoms with Crippen molar-refractivity contribution in [2.24, 2.45) is 0 Å². The van der Waals surface area contributed by atoms with Crippen molar-refractivity contribution in [1.82, 2.24) is 25.0 Å². The molecule has 1 N–H and O–H groups in total. The summed E-state index contributed by atoms with van der Waals surface area (Å²) in [4.78, 5) is 17.0. The van der Waals surface area contributed by atoms with Crippen LogP contribution in [-0.4, -0.2) is 30.7 Å². The Morgan fingerprint density at radius 1 is 1.00 bits per heavy atom. The van der Waals surface area contributed by atoms with E-state index in [2.05, 4.69) is 26.3 Å². The van der Waals surface area contributed by atoms with Gasteiger partial charge in [-0.05, 0) is 34.9 Å². The van der Waals surface area contributed by atoms with Crippen LogP contribution in [0.4, 0.5) is 0 Å². The SMILES string of the molecule is N#Cc1cncc(-c2ccc3c(C(=O)Cc4cnn(Cc5ccccc5)c4)n[nH]c3c2)c1. The van der Waals surface area contributed by atoms with Gasteiger partial charge in [0, 0.05) is 36.0 Å². The van der Waals surface area contributed by atoms with Gasteiger partial charge in [-0.3, -0.25) is 19.6 Å². The lowest BCUT2D eigenvalue weighted by Gasteiger charge is -2.02. The van der Waals surface area contributed by atoms with Gasteiger partial charge >= 0.3 is 0 Å². The summed E-state index contributed by atoms with van der Waals surface area (Å²) in [5, 5.41) is 21.4. The molecular formula is C25H18N6O. The van der Waals surface area contributed by atoms with Crippen molar-refractivity contribution < 1.29 is 4.79 Å². The Hall–Kier alpha value is -4.57. The second-order valence-electron chi connectivity index (χ2n) is 7.54. The van der Waals surface area contributed by atoms with E-state index in [9.17, 15) is 4.79 Å². The third-order valence-corrected chi connectivity index (χ3v) is 5.27. The minimum Gasteiger partial charge on any atom is -0.292 e. The number of Topliss-reactive ketones (excluding diaryl/α,β-unsaturated/α-hetero) is 1. The zero-order valence-electron chi connectivity index (χ0n) is 17.1. The Kier molecular flexibility index (Phi) is 5.02. The van der Waals surface area contributed by atoms with Crippen LogP contribution in [0.5, 0.6) is 0 Å². The number of nitrogens with zero attached hydrogens (tertiary/aromatic N) is 5. The number of H-pyrrole nitrogens is 1. The number of hydrogen-bond donors (Lipinski definition) is 1. The zero-order valence-corrected chi connectivity index (χ0v) is 17.1. The number of hydrogen-bond acceptors (Lipinski definition) is 5. The summed E-state index contributed by atoms with van der Waals surface area (Å²) in [5.74, 6) is -0.0728. The van der Waals surface area contributed by atoms with Crippen LogP contribution in [0.1, 0.15) is 27.2 Å². The third-order valence-electron chi connectivity index (χ3n) is 5.27. The first-order valence-electron chi connectivity index (χ1n) is 10.1. The minimum atomic E-state index is -0.0728. The molecule has 0 amide bonds. The highest BCUT2D eigenvalue weighted by atomic mass is 16.1. The predicted molar refractivity (Wildman–Crippen MR) is 120 cm³/mol. The van der Waals surface area contributed by atoms with Crippen molar-refractivity contribution in [3.63, 3.8) is 0 Å². The quantitative estimate of drug-likeness (QED) is 0.417. The fourth-order valence-corrected chi connectivity index (χ4v) is 3.69. The van der Waals surface area contributed by atoms with Crippen LogP contribution in [-0.2, 0) is 13.0 Å². The van der Waals surface area contributed by atoms with E-state index in [-0.39, 0.29) is 12.2 Å². The number of aromatic amines is 1. The molecule has 0 fully saturated rings. The summed E-state index contributed by atoms with van der Waals surface area (Å²) in [6.07, 6.45) is 7.08. The van der Waals surface area contributed by atoms with Crippen LogP contribution in [0.3, 0.4) is 0 Å². The molecule has 0 saturated heterocycles. The number of benzene rings is 2. The number of nitriles is 1. The molecule has 7 nitrogen and oxygen atoms in total. The maximum atomic E-state index is 12.9. The molecule has 3 aromatic heterocycles. The molecule has 5 rings (SSSR count). The molecule has 0 bridgehead atoms. The minimum absolute atomic E-state index is 0.0728. The van der Waals surface area contributed by atoms with Crippen molar-refractivity contribution in [1.29, 1.82) is 5.26 Å². The van der Waals surface area contributed by atoms with Crippen LogP contribution in [0.2, 0.25) is 0 Å². The number of carbonyl (C=O) groups excluding carboxylic acids is 1. The lowest BCUT2D eigenvalue weighted by Crippen LogP contribution is -2.04. The van der Waals surface area contributed by atoms with Gasteiger partial charge in [0.1, 0.15) is 11.8 Å². The highest BCUT2D eigenvalue weighted by Crippen LogP contribution is 2.25. The Morgan fingerprint density at radius 3 is 2.72 bits per heavy atom. The smallest absolute Gasteiger partial charge is 0.188 e. The zero-order chi connectivity index (χ0) is 21.9. The Balaban J connectivity index is 1.35. The molecule has 0 unspecified atom stereocenters. The molecule has 3 heterocycles. The summed E-state index contributed by atoms with van der Waals surface area (Å²) < 4.78 is 1.83. The van der Waals surface area contributed by atoms with Gasteiger partial charge in [0.25, 0.3) is 0 Å². The number of ketones is 1. The van der Waals surface area contributed by atoms with Gasteiger partial charge in [-0.25, -0.2) is 0 Å². The van der Waals surface area contributed by atoms with E-state index in [0.29, 0.717) is 17.8 Å². The second kappa shape index (κ2) is 8.28. The van der Waals surface area contributed by atoms with Crippen LogP contribution in [0, 0.1) is 11.3 Å². The van der Waals surface area contributed by atoms with Crippen LogP contribution >= 0.6 is 0 Å². The fourth-order valence-electron chi connectivity index (χ4n) is 3.69. The molecule has 32 heavy (non-hydrogen) atoms. The summed E-state index contributed by atoms with van der Waals surface area (Å²) in [7, 11) is 0. The summed E-state index contributed by atoms with van der Waals surface area (Å²) in [6, 6.07) is 19.6. The van der Waals surface area contributed by atoms with E-state index in [1.54, 1.807) is 18.5 Å². The van der Waals surface area contributed by atoms with E-state index in [1.807, 2.05) is 59.4 Å². The van der Waals surface area contributed by atoms with Crippen molar-refractivity contribution in [2.45, 2.75) is 13.0 Å². The largest absolute Gasteiger partial charge is 0.292 e. The topological polar surface area (TPSA) is 100 Å². The molecule has 0 atom stereocenters. The average Bonchev–Trinajstić information content (AvgIpc) is 3.46. The standard InChI is InChI=1S/C25H18N6O/c26-11-18-8-21(14-27-12-18)20-6-7-22-23(10-20)29-30-25(22)24(32)9-19-13-28-31(16-19)15-17-4-2-1-3-5-17/h1-8,10,12-14,16H,9,15H2,(H,29,30). The van der Waals surface area contributed by atoms with Gasteiger partial charge in [0.2, 0.25) is 0 Å². The third kappa shape index (κ3) is 3.89. The monoisotopic (exact) mass is 418 g/mol. The summed E-state index contributed by atoms with van der Waals surface area (Å²) >= 11 is 0. The molecule has 0 radical (unpaired) electrons. The van der Waals surface area contributed by atoms with Gasteiger partial charge < -0.3 is 0 Å². The van der Waals surface area contributed by atoms with Gasteiger partial charge in [0.15, 0.2) is 5.78 Å². The number of rotatable bonds is 6. The van der Waals surface area contributed by atoms with Crippen LogP contribution < -0.4 is 0 Å². The Labute approximate surface area is 184 Å². The van der Waals surface area contributed by atoms with E-state index in [1.165, 1.54) is 6.20 Å². The van der Waals surface area contributed by atoms with Gasteiger partial charge in [-0.15, -0.1) is 0 Å². The molecule has 0 spiro atoms. The van der Waals surface area contributed by atoms with Crippen molar-refractivity contribution in [2.75, 3.05) is 0 Å². The number of fused-ring (bicyclic) bond motifs is 1. The van der Waals surface area contributed by atoms with Crippen molar-refractivity contribution in [3.8, 4) is 17.2 Å². The maximum absolute atomic E-state index is 12.9. The van der Waals surface area contributed by atoms with E-state index >= 15 is 0 Å². The average molecular weight is 418 g/mol. The molecule has 154 valence electrons. The molecule has 0 aliphatic rings. The molecule has 0 aliphatic carbocycles. The molecular weight excluding hydrogens is 400 g/mol. The van der Waals surface area contributed by atoms with Crippen molar-refractivity contribution >= 4 is 16.7 Å². The first-order valence-corrected chi connectivity index (χ1v) is 10.1. The molecule has 0 aliphatic heterocycles. The maximum Gasteiger partial charge on any atom is 0.188 e. The number of nitrogens with one attached hydrogen (secondary N) is 1. The second-order valence-corrected chi connectivity index (χ2v) is 7.54.